The van der Waals surface area contributed by atoms with Crippen LogP contribution in [0.4, 0.5) is 5.69 Å². The first-order valence-corrected chi connectivity index (χ1v) is 2.41. The van der Waals surface area contributed by atoms with Crippen LogP contribution in [-0.2, 0) is 0 Å². The molecule has 0 N–H and O–H groups in total. The normalized spacial score (nSPS) is 8.00. The Morgan fingerprint density at radius 3 is 2.20 bits per heavy atom. The van der Waals surface area contributed by atoms with Gasteiger partial charge in [-0.1, -0.05) is 0 Å². The summed E-state index contributed by atoms with van der Waals surface area (Å²) in [4.78, 5) is 9.56. The van der Waals surface area contributed by atoms with Crippen LogP contribution in [0.1, 0.15) is 0 Å². The number of nitro benzene ring substituents is 1. The molecule has 0 spiro atoms. The standard InChI is InChI=1S/C6H4NO2.K.H/c8-7(9)6-4-2-1-3-5-6;;/h2-5H;;. The van der Waals surface area contributed by atoms with Crippen LogP contribution in [0.15, 0.2) is 24.3 Å². The molecule has 47 valence electrons. The van der Waals surface area contributed by atoms with Gasteiger partial charge in [-0.15, -0.1) is 0 Å². The quantitative estimate of drug-likeness (QED) is 0.347. The third-order valence-electron chi connectivity index (χ3n) is 0.911. The Morgan fingerprint density at radius 2 is 1.90 bits per heavy atom. The molecule has 0 bridgehead atoms. The van der Waals surface area contributed by atoms with Crippen LogP contribution >= 0.6 is 0 Å². The van der Waals surface area contributed by atoms with Crippen molar-refractivity contribution >= 4 is 57.1 Å². The Bertz CT molecular complexity index is 212. The summed E-state index contributed by atoms with van der Waals surface area (Å²) >= 11 is 0. The molecule has 1 radical (unpaired) electrons. The Hall–Kier alpha value is 0.256. The summed E-state index contributed by atoms with van der Waals surface area (Å²) in [5.74, 6) is 0. The van der Waals surface area contributed by atoms with Crippen LogP contribution in [0, 0.1) is 16.2 Å². The van der Waals surface area contributed by atoms with Gasteiger partial charge in [-0.25, -0.2) is 0 Å². The van der Waals surface area contributed by atoms with Crippen molar-refractivity contribution < 1.29 is 4.92 Å². The molecule has 0 aromatic heterocycles. The summed E-state index contributed by atoms with van der Waals surface area (Å²) < 4.78 is 0. The van der Waals surface area contributed by atoms with Gasteiger partial charge in [0.2, 0.25) is 0 Å². The Labute approximate surface area is 101 Å². The van der Waals surface area contributed by atoms with E-state index in [1.165, 1.54) is 24.3 Å². The fourth-order valence-corrected chi connectivity index (χ4v) is 0.500. The summed E-state index contributed by atoms with van der Waals surface area (Å²) in [6.07, 6.45) is 0. The van der Waals surface area contributed by atoms with Crippen molar-refractivity contribution in [3.05, 3.63) is 40.4 Å². The van der Waals surface area contributed by atoms with Crippen molar-refractivity contribution in [1.82, 2.24) is 0 Å². The molecular weight excluding hydrogens is 157 g/mol. The number of nitro groups is 1. The van der Waals surface area contributed by atoms with E-state index in [4.69, 9.17) is 0 Å². The number of hydrogen-bond acceptors (Lipinski definition) is 2. The van der Waals surface area contributed by atoms with E-state index in [1.54, 1.807) is 0 Å². The first-order valence-electron chi connectivity index (χ1n) is 2.41. The SMILES string of the molecule is O=[N+]([O-])c1cc[c]cc1.[KH]. The van der Waals surface area contributed by atoms with Crippen LogP contribution in [-0.4, -0.2) is 56.3 Å². The van der Waals surface area contributed by atoms with E-state index in [0.717, 1.165) is 0 Å². The Balaban J connectivity index is 0.000000810. The van der Waals surface area contributed by atoms with Gasteiger partial charge in [0.05, 0.1) is 4.92 Å². The third-order valence-corrected chi connectivity index (χ3v) is 0.911. The van der Waals surface area contributed by atoms with Crippen molar-refractivity contribution in [3.8, 4) is 0 Å². The molecule has 0 saturated carbocycles. The van der Waals surface area contributed by atoms with Gasteiger partial charge >= 0.3 is 51.4 Å². The predicted molar refractivity (Wildman–Crippen MR) is 39.1 cm³/mol. The first kappa shape index (κ1) is 10.3. The molecule has 0 heterocycles. The zero-order valence-corrected chi connectivity index (χ0v) is 4.57. The molecule has 10 heavy (non-hydrogen) atoms. The molecule has 4 heteroatoms. The molecule has 0 aliphatic carbocycles. The molecule has 3 nitrogen and oxygen atoms in total. The maximum absolute atomic E-state index is 9.99. The summed E-state index contributed by atoms with van der Waals surface area (Å²) in [7, 11) is 0. The van der Waals surface area contributed by atoms with Gasteiger partial charge in [0.25, 0.3) is 5.69 Å². The van der Waals surface area contributed by atoms with Crippen LogP contribution in [0.2, 0.25) is 0 Å². The van der Waals surface area contributed by atoms with Gasteiger partial charge in [0.15, 0.2) is 0 Å². The minimum absolute atomic E-state index is 0. The molecule has 1 rings (SSSR count). The van der Waals surface area contributed by atoms with Crippen LogP contribution in [0.25, 0.3) is 0 Å². The van der Waals surface area contributed by atoms with E-state index >= 15 is 0 Å². The number of hydrogen-bond donors (Lipinski definition) is 0. The number of non-ortho nitro benzene ring substituents is 1. The molecular formula is C6H5KNO2. The van der Waals surface area contributed by atoms with Crippen molar-refractivity contribution in [1.29, 1.82) is 0 Å². The predicted octanol–water partition coefficient (Wildman–Crippen LogP) is 0.746. The van der Waals surface area contributed by atoms with Crippen LogP contribution in [0.5, 0.6) is 0 Å². The number of benzene rings is 1. The van der Waals surface area contributed by atoms with E-state index in [1.807, 2.05) is 0 Å². The topological polar surface area (TPSA) is 43.1 Å². The van der Waals surface area contributed by atoms with Crippen molar-refractivity contribution in [3.63, 3.8) is 0 Å². The minimum atomic E-state index is -0.437. The van der Waals surface area contributed by atoms with E-state index in [2.05, 4.69) is 6.07 Å². The molecule has 0 aliphatic rings. The molecule has 0 saturated heterocycles. The van der Waals surface area contributed by atoms with E-state index < -0.39 is 4.92 Å². The van der Waals surface area contributed by atoms with Crippen LogP contribution in [0.3, 0.4) is 0 Å². The summed E-state index contributed by atoms with van der Waals surface area (Å²) in [5, 5.41) is 9.99. The second-order valence-electron chi connectivity index (χ2n) is 1.52. The van der Waals surface area contributed by atoms with Crippen LogP contribution < -0.4 is 0 Å². The fraction of sp³-hybridized carbons (Fsp3) is 0. The van der Waals surface area contributed by atoms with Gasteiger partial charge in [0, 0.05) is 12.1 Å². The molecule has 0 amide bonds. The van der Waals surface area contributed by atoms with Gasteiger partial charge in [-0.3, -0.25) is 10.1 Å². The Morgan fingerprint density at radius 1 is 1.40 bits per heavy atom. The maximum atomic E-state index is 9.99. The molecule has 0 unspecified atom stereocenters. The molecule has 0 aliphatic heterocycles. The number of rotatable bonds is 1. The Kier molecular flexibility index (Phi) is 5.11. The molecule has 1 aromatic rings. The first-order chi connectivity index (χ1) is 4.30. The van der Waals surface area contributed by atoms with Gasteiger partial charge < -0.3 is 0 Å². The van der Waals surface area contributed by atoms with Gasteiger partial charge in [0.1, 0.15) is 0 Å². The molecule has 0 atom stereocenters. The number of nitrogens with zero attached hydrogens (tertiary/aromatic N) is 1. The zero-order valence-electron chi connectivity index (χ0n) is 4.57. The second kappa shape index (κ2) is 4.98. The average Bonchev–Trinajstić information content (AvgIpc) is 1.90. The van der Waals surface area contributed by atoms with Gasteiger partial charge in [-0.2, -0.15) is 0 Å². The van der Waals surface area contributed by atoms with Crippen molar-refractivity contribution in [2.45, 2.75) is 0 Å². The van der Waals surface area contributed by atoms with Crippen molar-refractivity contribution in [2.75, 3.05) is 0 Å². The summed E-state index contributed by atoms with van der Waals surface area (Å²) in [5.41, 5.74) is 0.105. The average molecular weight is 162 g/mol. The van der Waals surface area contributed by atoms with Gasteiger partial charge in [-0.05, 0) is 18.2 Å². The monoisotopic (exact) mass is 162 g/mol. The summed E-state index contributed by atoms with van der Waals surface area (Å²) in [6, 6.07) is 8.51. The zero-order chi connectivity index (χ0) is 6.69. The van der Waals surface area contributed by atoms with E-state index in [9.17, 15) is 10.1 Å². The molecule has 0 fully saturated rings. The van der Waals surface area contributed by atoms with E-state index in [-0.39, 0.29) is 57.1 Å². The molecule has 1 aromatic carbocycles. The van der Waals surface area contributed by atoms with E-state index in [0.29, 0.717) is 0 Å². The van der Waals surface area contributed by atoms with Crippen molar-refractivity contribution in [2.24, 2.45) is 0 Å². The fourth-order valence-electron chi connectivity index (χ4n) is 0.500. The second-order valence-corrected chi connectivity index (χ2v) is 1.52. The third kappa shape index (κ3) is 2.89. The summed E-state index contributed by atoms with van der Waals surface area (Å²) in [6.45, 7) is 0.